The summed E-state index contributed by atoms with van der Waals surface area (Å²) >= 11 is 12.2. The van der Waals surface area contributed by atoms with Gasteiger partial charge in [-0.15, -0.1) is 0 Å². The van der Waals surface area contributed by atoms with Crippen LogP contribution in [-0.2, 0) is 26.2 Å². The van der Waals surface area contributed by atoms with Crippen molar-refractivity contribution in [2.75, 3.05) is 20.1 Å². The van der Waals surface area contributed by atoms with E-state index in [-0.39, 0.29) is 36.2 Å². The van der Waals surface area contributed by atoms with E-state index in [4.69, 9.17) is 23.2 Å². The van der Waals surface area contributed by atoms with Gasteiger partial charge in [0.1, 0.15) is 6.04 Å². The Hall–Kier alpha value is -2.13. The fourth-order valence-electron chi connectivity index (χ4n) is 3.23. The highest BCUT2D eigenvalue weighted by Crippen LogP contribution is 2.24. The van der Waals surface area contributed by atoms with Crippen LogP contribution in [0.1, 0.15) is 32.3 Å². The van der Waals surface area contributed by atoms with Crippen LogP contribution in [-0.4, -0.2) is 55.6 Å². The molecule has 0 aliphatic carbocycles. The maximum atomic E-state index is 13.1. The van der Waals surface area contributed by atoms with Crippen molar-refractivity contribution < 1.29 is 18.0 Å². The number of carbonyl (C=O) groups is 2. The smallest absolute Gasteiger partial charge is 0.242 e. The summed E-state index contributed by atoms with van der Waals surface area (Å²) in [6.07, 6.45) is 0.373. The molecule has 0 aliphatic rings. The van der Waals surface area contributed by atoms with Gasteiger partial charge in [-0.1, -0.05) is 47.5 Å². The zero-order valence-electron chi connectivity index (χ0n) is 18.9. The van der Waals surface area contributed by atoms with Crippen LogP contribution in [0.2, 0.25) is 10.0 Å². The maximum Gasteiger partial charge on any atom is 0.242 e. The molecule has 0 unspecified atom stereocenters. The summed E-state index contributed by atoms with van der Waals surface area (Å²) in [7, 11) is -2.16. The summed E-state index contributed by atoms with van der Waals surface area (Å²) in [6.45, 7) is 4.18. The standard InChI is InChI=1S/C23H29Cl2N3O4S/c1-4-26-23(30)17(2)28(16-18-12-13-19(24)15-21(18)25)22(29)11-8-14-27(3)33(31,32)20-9-6-5-7-10-20/h5-7,9-10,12-13,15,17H,4,8,11,14,16H2,1-3H3,(H,26,30)/t17-/m0/s1. The summed E-state index contributed by atoms with van der Waals surface area (Å²) in [6, 6.07) is 12.4. The summed E-state index contributed by atoms with van der Waals surface area (Å²) in [5, 5.41) is 3.60. The lowest BCUT2D eigenvalue weighted by Crippen LogP contribution is -2.47. The molecule has 0 heterocycles. The van der Waals surface area contributed by atoms with Gasteiger partial charge in [0, 0.05) is 43.1 Å². The van der Waals surface area contributed by atoms with Crippen molar-refractivity contribution in [1.29, 1.82) is 0 Å². The molecule has 0 saturated carbocycles. The number of amides is 2. The third kappa shape index (κ3) is 7.43. The lowest BCUT2D eigenvalue weighted by atomic mass is 10.1. The first-order valence-electron chi connectivity index (χ1n) is 10.6. The number of benzene rings is 2. The molecule has 1 N–H and O–H groups in total. The minimum absolute atomic E-state index is 0.0730. The molecule has 0 spiro atoms. The van der Waals surface area contributed by atoms with Crippen LogP contribution >= 0.6 is 23.2 Å². The number of hydrogen-bond acceptors (Lipinski definition) is 4. The van der Waals surface area contributed by atoms with E-state index in [2.05, 4.69) is 5.32 Å². The molecule has 0 radical (unpaired) electrons. The highest BCUT2D eigenvalue weighted by molar-refractivity contribution is 7.89. The van der Waals surface area contributed by atoms with Crippen LogP contribution in [0.5, 0.6) is 0 Å². The number of hydrogen-bond donors (Lipinski definition) is 1. The molecule has 0 aromatic heterocycles. The summed E-state index contributed by atoms with van der Waals surface area (Å²) in [5.74, 6) is -0.551. The average Bonchev–Trinajstić information content (AvgIpc) is 2.78. The Balaban J connectivity index is 2.10. The van der Waals surface area contributed by atoms with Crippen LogP contribution in [0.15, 0.2) is 53.4 Å². The van der Waals surface area contributed by atoms with Gasteiger partial charge in [-0.25, -0.2) is 12.7 Å². The second-order valence-electron chi connectivity index (χ2n) is 7.57. The summed E-state index contributed by atoms with van der Waals surface area (Å²) in [4.78, 5) is 27.2. The molecule has 1 atom stereocenters. The molecular formula is C23H29Cl2N3O4S. The van der Waals surface area contributed by atoms with Crippen LogP contribution in [0.4, 0.5) is 0 Å². The Kier molecular flexibility index (Phi) is 10.2. The third-order valence-corrected chi connectivity index (χ3v) is 7.65. The van der Waals surface area contributed by atoms with Gasteiger partial charge in [0.2, 0.25) is 21.8 Å². The van der Waals surface area contributed by atoms with Crippen molar-refractivity contribution in [2.24, 2.45) is 0 Å². The van der Waals surface area contributed by atoms with E-state index in [9.17, 15) is 18.0 Å². The molecule has 33 heavy (non-hydrogen) atoms. The van der Waals surface area contributed by atoms with E-state index in [1.165, 1.54) is 28.4 Å². The van der Waals surface area contributed by atoms with E-state index >= 15 is 0 Å². The topological polar surface area (TPSA) is 86.8 Å². The first kappa shape index (κ1) is 27.1. The quantitative estimate of drug-likeness (QED) is 0.492. The highest BCUT2D eigenvalue weighted by Gasteiger charge is 2.27. The molecule has 2 rings (SSSR count). The zero-order chi connectivity index (χ0) is 24.6. The lowest BCUT2D eigenvalue weighted by Gasteiger charge is -2.29. The van der Waals surface area contributed by atoms with E-state index in [1.54, 1.807) is 50.2 Å². The van der Waals surface area contributed by atoms with Crippen molar-refractivity contribution in [2.45, 2.75) is 44.2 Å². The summed E-state index contributed by atoms with van der Waals surface area (Å²) < 4.78 is 26.6. The van der Waals surface area contributed by atoms with E-state index in [1.807, 2.05) is 0 Å². The van der Waals surface area contributed by atoms with Gasteiger partial charge in [-0.3, -0.25) is 9.59 Å². The molecule has 7 nitrogen and oxygen atoms in total. The van der Waals surface area contributed by atoms with Gasteiger partial charge in [0.15, 0.2) is 0 Å². The molecule has 0 aliphatic heterocycles. The number of carbonyl (C=O) groups excluding carboxylic acids is 2. The second kappa shape index (κ2) is 12.4. The molecule has 0 bridgehead atoms. The normalized spacial score (nSPS) is 12.4. The minimum Gasteiger partial charge on any atom is -0.355 e. The molecule has 10 heteroatoms. The van der Waals surface area contributed by atoms with Gasteiger partial charge < -0.3 is 10.2 Å². The van der Waals surface area contributed by atoms with E-state index in [0.717, 1.165) is 0 Å². The fraction of sp³-hybridized carbons (Fsp3) is 0.391. The number of sulfonamides is 1. The predicted molar refractivity (Wildman–Crippen MR) is 131 cm³/mol. The Labute approximate surface area is 205 Å². The largest absolute Gasteiger partial charge is 0.355 e. The first-order valence-corrected chi connectivity index (χ1v) is 12.8. The number of likely N-dealkylation sites (N-methyl/N-ethyl adjacent to an activating group) is 1. The van der Waals surface area contributed by atoms with Gasteiger partial charge in [-0.2, -0.15) is 0 Å². The van der Waals surface area contributed by atoms with E-state index in [0.29, 0.717) is 28.6 Å². The minimum atomic E-state index is -3.64. The SMILES string of the molecule is CCNC(=O)[C@H](C)N(Cc1ccc(Cl)cc1Cl)C(=O)CCCN(C)S(=O)(=O)c1ccccc1. The highest BCUT2D eigenvalue weighted by atomic mass is 35.5. The number of nitrogens with one attached hydrogen (secondary N) is 1. The Bertz CT molecular complexity index is 1060. The Morgan fingerprint density at radius 3 is 2.36 bits per heavy atom. The van der Waals surface area contributed by atoms with Crippen LogP contribution in [0.3, 0.4) is 0 Å². The first-order chi connectivity index (χ1) is 15.6. The summed E-state index contributed by atoms with van der Waals surface area (Å²) in [5.41, 5.74) is 0.661. The third-order valence-electron chi connectivity index (χ3n) is 5.19. The van der Waals surface area contributed by atoms with Crippen molar-refractivity contribution in [3.8, 4) is 0 Å². The van der Waals surface area contributed by atoms with Crippen LogP contribution < -0.4 is 5.32 Å². The van der Waals surface area contributed by atoms with Crippen LogP contribution in [0.25, 0.3) is 0 Å². The molecular weight excluding hydrogens is 485 g/mol. The second-order valence-corrected chi connectivity index (χ2v) is 10.5. The fourth-order valence-corrected chi connectivity index (χ4v) is 4.93. The van der Waals surface area contributed by atoms with Gasteiger partial charge in [0.05, 0.1) is 4.90 Å². The molecule has 2 amide bonds. The Morgan fingerprint density at radius 1 is 1.09 bits per heavy atom. The molecule has 0 fully saturated rings. The molecule has 2 aromatic rings. The molecule has 180 valence electrons. The number of halogens is 2. The number of rotatable bonds is 11. The van der Waals surface area contributed by atoms with E-state index < -0.39 is 16.1 Å². The van der Waals surface area contributed by atoms with Gasteiger partial charge in [-0.05, 0) is 50.1 Å². The van der Waals surface area contributed by atoms with Crippen molar-refractivity contribution >= 4 is 45.0 Å². The maximum absolute atomic E-state index is 13.1. The molecule has 0 saturated heterocycles. The molecule has 2 aromatic carbocycles. The van der Waals surface area contributed by atoms with Crippen molar-refractivity contribution in [3.63, 3.8) is 0 Å². The van der Waals surface area contributed by atoms with Gasteiger partial charge >= 0.3 is 0 Å². The lowest BCUT2D eigenvalue weighted by molar-refractivity contribution is -0.140. The van der Waals surface area contributed by atoms with Crippen LogP contribution in [0, 0.1) is 0 Å². The van der Waals surface area contributed by atoms with Crippen molar-refractivity contribution in [1.82, 2.24) is 14.5 Å². The Morgan fingerprint density at radius 2 is 1.76 bits per heavy atom. The average molecular weight is 514 g/mol. The monoisotopic (exact) mass is 513 g/mol. The van der Waals surface area contributed by atoms with Crippen molar-refractivity contribution in [3.05, 3.63) is 64.1 Å². The zero-order valence-corrected chi connectivity index (χ0v) is 21.3. The predicted octanol–water partition coefficient (Wildman–Crippen LogP) is 3.95. The number of nitrogens with zero attached hydrogens (tertiary/aromatic N) is 2. The van der Waals surface area contributed by atoms with Gasteiger partial charge in [0.25, 0.3) is 0 Å².